The number of nitrogens with zero attached hydrogens (tertiary/aromatic N) is 4. The molecule has 4 rings (SSSR count). The Labute approximate surface area is 170 Å². The molecule has 0 bridgehead atoms. The molecule has 0 N–H and O–H groups in total. The average Bonchev–Trinajstić information content (AvgIpc) is 3.11. The van der Waals surface area contributed by atoms with Crippen LogP contribution in [0.5, 0.6) is 0 Å². The van der Waals surface area contributed by atoms with Gasteiger partial charge in [0.2, 0.25) is 5.58 Å². The lowest BCUT2D eigenvalue weighted by molar-refractivity contribution is -0.00526. The van der Waals surface area contributed by atoms with E-state index in [0.29, 0.717) is 30.6 Å². The van der Waals surface area contributed by atoms with Crippen molar-refractivity contribution in [2.24, 2.45) is 0 Å². The van der Waals surface area contributed by atoms with E-state index in [1.807, 2.05) is 18.7 Å². The van der Waals surface area contributed by atoms with Crippen molar-refractivity contribution in [2.75, 3.05) is 18.0 Å². The van der Waals surface area contributed by atoms with Gasteiger partial charge in [-0.1, -0.05) is 22.8 Å². The molecule has 3 aromatic rings. The quantitative estimate of drug-likeness (QED) is 0.598. The van der Waals surface area contributed by atoms with Crippen molar-refractivity contribution in [3.63, 3.8) is 0 Å². The van der Waals surface area contributed by atoms with Crippen molar-refractivity contribution < 1.29 is 18.4 Å². The molecule has 0 aliphatic carbocycles. The second-order valence-electron chi connectivity index (χ2n) is 6.96. The molecular formula is C20H16ClFN4O3. The minimum Gasteiger partial charge on any atom is -0.372 e. The van der Waals surface area contributed by atoms with Gasteiger partial charge in [0.05, 0.1) is 23.5 Å². The van der Waals surface area contributed by atoms with Crippen LogP contribution in [0.3, 0.4) is 0 Å². The molecule has 29 heavy (non-hydrogen) atoms. The molecule has 9 heteroatoms. The molecule has 3 heterocycles. The van der Waals surface area contributed by atoms with Crippen molar-refractivity contribution in [1.82, 2.24) is 10.1 Å². The first-order valence-electron chi connectivity index (χ1n) is 8.97. The molecule has 7 nitrogen and oxygen atoms in total. The van der Waals surface area contributed by atoms with Gasteiger partial charge < -0.3 is 14.2 Å². The maximum atomic E-state index is 14.0. The zero-order valence-electron chi connectivity index (χ0n) is 15.6. The number of aromatic nitrogens is 2. The van der Waals surface area contributed by atoms with Crippen LogP contribution in [0.15, 0.2) is 22.7 Å². The van der Waals surface area contributed by atoms with Gasteiger partial charge in [0.1, 0.15) is 33.8 Å². The number of hydrogen-bond donors (Lipinski definition) is 0. The Morgan fingerprint density at radius 3 is 2.69 bits per heavy atom. The Kier molecular flexibility index (Phi) is 4.94. The number of hydrogen-bond acceptors (Lipinski definition) is 7. The first-order valence-corrected chi connectivity index (χ1v) is 9.35. The van der Waals surface area contributed by atoms with Gasteiger partial charge in [-0.25, -0.2) is 9.37 Å². The van der Waals surface area contributed by atoms with Crippen molar-refractivity contribution in [2.45, 2.75) is 26.1 Å². The van der Waals surface area contributed by atoms with Gasteiger partial charge in [-0.15, -0.1) is 0 Å². The first kappa shape index (κ1) is 19.3. The Morgan fingerprint density at radius 1 is 1.34 bits per heavy atom. The van der Waals surface area contributed by atoms with Crippen LogP contribution >= 0.6 is 11.6 Å². The molecule has 0 spiro atoms. The highest BCUT2D eigenvalue weighted by Crippen LogP contribution is 2.39. The summed E-state index contributed by atoms with van der Waals surface area (Å²) in [6.45, 7) is 4.96. The van der Waals surface area contributed by atoms with Crippen LogP contribution in [-0.2, 0) is 4.74 Å². The Hall–Kier alpha value is -3.02. The molecule has 1 aliphatic rings. The van der Waals surface area contributed by atoms with E-state index in [9.17, 15) is 9.18 Å². The average molecular weight is 415 g/mol. The Bertz CT molecular complexity index is 1150. The SMILES string of the molecule is C[C@@H]1CN(c2c(C=O)nc3c(-c4ccc(C#N)c(F)c4)noc3c2Cl)C[C@H](C)O1. The van der Waals surface area contributed by atoms with Crippen LogP contribution in [0.4, 0.5) is 10.1 Å². The van der Waals surface area contributed by atoms with Crippen LogP contribution < -0.4 is 4.90 Å². The summed E-state index contributed by atoms with van der Waals surface area (Å²) in [4.78, 5) is 18.2. The third-order valence-electron chi connectivity index (χ3n) is 4.76. The number of anilines is 1. The largest absolute Gasteiger partial charge is 0.372 e. The highest BCUT2D eigenvalue weighted by atomic mass is 35.5. The number of aldehydes is 1. The van der Waals surface area contributed by atoms with Gasteiger partial charge in [0, 0.05) is 18.7 Å². The van der Waals surface area contributed by atoms with E-state index in [0.717, 1.165) is 0 Å². The summed E-state index contributed by atoms with van der Waals surface area (Å²) in [7, 11) is 0. The molecule has 0 radical (unpaired) electrons. The highest BCUT2D eigenvalue weighted by Gasteiger charge is 2.29. The second kappa shape index (κ2) is 7.43. The lowest BCUT2D eigenvalue weighted by Crippen LogP contribution is -2.46. The van der Waals surface area contributed by atoms with E-state index in [2.05, 4.69) is 10.1 Å². The Balaban J connectivity index is 1.86. The van der Waals surface area contributed by atoms with Gasteiger partial charge in [0.25, 0.3) is 0 Å². The van der Waals surface area contributed by atoms with Crippen LogP contribution in [-0.4, -0.2) is 41.7 Å². The molecule has 2 atom stereocenters. The standard InChI is InChI=1S/C20H16ClFN4O3/c1-10-7-26(8-11(2)28-10)19-15(9-27)24-18-17(25-29-20(18)16(19)21)12-3-4-13(6-23)14(22)5-12/h3-5,9-11H,7-8H2,1-2H3/t10-,11+. The summed E-state index contributed by atoms with van der Waals surface area (Å²) in [5.74, 6) is -0.684. The van der Waals surface area contributed by atoms with Crippen LogP contribution in [0.25, 0.3) is 22.4 Å². The smallest absolute Gasteiger partial charge is 0.206 e. The molecule has 148 valence electrons. The maximum absolute atomic E-state index is 14.0. The third-order valence-corrected chi connectivity index (χ3v) is 5.11. The molecule has 0 saturated carbocycles. The molecule has 1 aliphatic heterocycles. The number of morpholine rings is 1. The predicted octanol–water partition coefficient (Wildman–Crippen LogP) is 3.98. The van der Waals surface area contributed by atoms with Gasteiger partial charge in [-0.3, -0.25) is 4.79 Å². The lowest BCUT2D eigenvalue weighted by atomic mass is 10.1. The fourth-order valence-corrected chi connectivity index (χ4v) is 3.95. The summed E-state index contributed by atoms with van der Waals surface area (Å²) in [6.07, 6.45) is 0.538. The van der Waals surface area contributed by atoms with Crippen LogP contribution in [0, 0.1) is 17.1 Å². The first-order chi connectivity index (χ1) is 13.9. The summed E-state index contributed by atoms with van der Waals surface area (Å²) in [5.41, 5.74) is 1.58. The summed E-state index contributed by atoms with van der Waals surface area (Å²) in [5, 5.41) is 13.1. The number of halogens is 2. The zero-order valence-corrected chi connectivity index (χ0v) is 16.4. The minimum absolute atomic E-state index is 0.0445. The fraction of sp³-hybridized carbons (Fsp3) is 0.300. The number of pyridine rings is 1. The van der Waals surface area contributed by atoms with Gasteiger partial charge in [-0.2, -0.15) is 5.26 Å². The van der Waals surface area contributed by atoms with E-state index >= 15 is 0 Å². The molecule has 1 saturated heterocycles. The molecule has 0 unspecified atom stereocenters. The lowest BCUT2D eigenvalue weighted by Gasteiger charge is -2.37. The number of carbonyl (C=O) groups excluding carboxylic acids is 1. The Morgan fingerprint density at radius 2 is 2.07 bits per heavy atom. The third kappa shape index (κ3) is 3.33. The monoisotopic (exact) mass is 414 g/mol. The van der Waals surface area contributed by atoms with Gasteiger partial charge in [0.15, 0.2) is 6.29 Å². The van der Waals surface area contributed by atoms with E-state index < -0.39 is 5.82 Å². The number of fused-ring (bicyclic) bond motifs is 1. The number of rotatable bonds is 3. The van der Waals surface area contributed by atoms with E-state index in [1.165, 1.54) is 18.2 Å². The molecule has 0 amide bonds. The van der Waals surface area contributed by atoms with E-state index in [4.69, 9.17) is 26.1 Å². The highest BCUT2D eigenvalue weighted by molar-refractivity contribution is 6.38. The topological polar surface area (TPSA) is 92.2 Å². The maximum Gasteiger partial charge on any atom is 0.206 e. The minimum atomic E-state index is -0.684. The van der Waals surface area contributed by atoms with Crippen molar-refractivity contribution >= 4 is 34.7 Å². The molecular weight excluding hydrogens is 399 g/mol. The van der Waals surface area contributed by atoms with E-state index in [1.54, 1.807) is 6.07 Å². The van der Waals surface area contributed by atoms with Crippen LogP contribution in [0.2, 0.25) is 5.02 Å². The summed E-state index contributed by atoms with van der Waals surface area (Å²) < 4.78 is 25.2. The predicted molar refractivity (Wildman–Crippen MR) is 105 cm³/mol. The normalized spacial score (nSPS) is 19.3. The summed E-state index contributed by atoms with van der Waals surface area (Å²) in [6, 6.07) is 5.82. The van der Waals surface area contributed by atoms with Crippen molar-refractivity contribution in [3.05, 3.63) is 40.3 Å². The van der Waals surface area contributed by atoms with Gasteiger partial charge in [-0.05, 0) is 26.0 Å². The van der Waals surface area contributed by atoms with E-state index in [-0.39, 0.29) is 45.3 Å². The fourth-order valence-electron chi connectivity index (χ4n) is 3.61. The van der Waals surface area contributed by atoms with Crippen LogP contribution in [0.1, 0.15) is 29.9 Å². The van der Waals surface area contributed by atoms with Crippen molar-refractivity contribution in [3.8, 4) is 17.3 Å². The number of ether oxygens (including phenoxy) is 1. The number of carbonyl (C=O) groups is 1. The second-order valence-corrected chi connectivity index (χ2v) is 7.33. The molecule has 1 aromatic carbocycles. The number of nitriles is 1. The summed E-state index contributed by atoms with van der Waals surface area (Å²) >= 11 is 6.60. The van der Waals surface area contributed by atoms with Gasteiger partial charge >= 0.3 is 0 Å². The zero-order chi connectivity index (χ0) is 20.7. The molecule has 1 fully saturated rings. The number of benzene rings is 1. The van der Waals surface area contributed by atoms with Crippen molar-refractivity contribution in [1.29, 1.82) is 5.26 Å². The molecule has 2 aromatic heterocycles.